The van der Waals surface area contributed by atoms with Crippen LogP contribution in [0.5, 0.6) is 0 Å². The SMILES string of the molecule is CSc1cccc(NC(=O)Cn2ccn3nc(-c4ccc(C)cc4)cc3c2=O)c1. The van der Waals surface area contributed by atoms with Gasteiger partial charge in [-0.15, -0.1) is 11.8 Å². The molecule has 0 saturated heterocycles. The quantitative estimate of drug-likeness (QED) is 0.513. The smallest absolute Gasteiger partial charge is 0.277 e. The number of hydrogen-bond acceptors (Lipinski definition) is 4. The second-order valence-electron chi connectivity index (χ2n) is 6.74. The molecule has 1 amide bonds. The zero-order valence-electron chi connectivity index (χ0n) is 16.1. The number of nitrogens with one attached hydrogen (secondary N) is 1. The molecule has 4 rings (SSSR count). The Hall–Kier alpha value is -3.32. The molecule has 0 spiro atoms. The average molecular weight is 404 g/mol. The minimum atomic E-state index is -0.258. The molecule has 0 fully saturated rings. The first kappa shape index (κ1) is 19.0. The summed E-state index contributed by atoms with van der Waals surface area (Å²) in [6.45, 7) is 1.96. The van der Waals surface area contributed by atoms with Gasteiger partial charge in [0.2, 0.25) is 5.91 Å². The fraction of sp³-hybridized carbons (Fsp3) is 0.136. The van der Waals surface area contributed by atoms with E-state index in [1.165, 1.54) is 4.57 Å². The summed E-state index contributed by atoms with van der Waals surface area (Å²) in [5.74, 6) is -0.257. The van der Waals surface area contributed by atoms with Crippen LogP contribution in [0.4, 0.5) is 5.69 Å². The number of carbonyl (C=O) groups excluding carboxylic acids is 1. The van der Waals surface area contributed by atoms with E-state index in [1.54, 1.807) is 34.7 Å². The van der Waals surface area contributed by atoms with Crippen molar-refractivity contribution in [3.05, 3.63) is 82.9 Å². The third kappa shape index (κ3) is 4.09. The lowest BCUT2D eigenvalue weighted by atomic mass is 10.1. The lowest BCUT2D eigenvalue weighted by Gasteiger charge is -2.08. The predicted octanol–water partition coefficient (Wildman–Crippen LogP) is 3.83. The Morgan fingerprint density at radius 2 is 1.90 bits per heavy atom. The number of hydrogen-bond donors (Lipinski definition) is 1. The van der Waals surface area contributed by atoms with E-state index in [9.17, 15) is 9.59 Å². The van der Waals surface area contributed by atoms with Crippen molar-refractivity contribution in [2.45, 2.75) is 18.4 Å². The molecular formula is C22H20N4O2S. The summed E-state index contributed by atoms with van der Waals surface area (Å²) in [5.41, 5.74) is 3.71. The van der Waals surface area contributed by atoms with Crippen molar-refractivity contribution >= 4 is 28.9 Å². The van der Waals surface area contributed by atoms with E-state index in [4.69, 9.17) is 0 Å². The highest BCUT2D eigenvalue weighted by molar-refractivity contribution is 7.98. The number of carbonyl (C=O) groups is 1. The molecule has 0 aliphatic heterocycles. The minimum absolute atomic E-state index is 0.0656. The van der Waals surface area contributed by atoms with Crippen molar-refractivity contribution in [3.63, 3.8) is 0 Å². The molecule has 146 valence electrons. The number of rotatable bonds is 5. The molecule has 7 heteroatoms. The summed E-state index contributed by atoms with van der Waals surface area (Å²) in [5, 5.41) is 7.32. The van der Waals surface area contributed by atoms with E-state index in [0.717, 1.165) is 21.7 Å². The molecule has 0 aliphatic rings. The Kier molecular flexibility index (Phi) is 5.22. The van der Waals surface area contributed by atoms with E-state index in [0.29, 0.717) is 11.2 Å². The van der Waals surface area contributed by atoms with E-state index >= 15 is 0 Å². The van der Waals surface area contributed by atoms with Gasteiger partial charge in [-0.05, 0) is 37.4 Å². The molecule has 0 aliphatic carbocycles. The van der Waals surface area contributed by atoms with E-state index in [1.807, 2.05) is 61.7 Å². The van der Waals surface area contributed by atoms with Gasteiger partial charge in [-0.3, -0.25) is 9.59 Å². The monoisotopic (exact) mass is 404 g/mol. The number of amides is 1. The summed E-state index contributed by atoms with van der Waals surface area (Å²) in [6.07, 6.45) is 5.25. The maximum Gasteiger partial charge on any atom is 0.277 e. The van der Waals surface area contributed by atoms with Gasteiger partial charge in [-0.1, -0.05) is 35.9 Å². The van der Waals surface area contributed by atoms with Crippen molar-refractivity contribution in [1.82, 2.24) is 14.2 Å². The van der Waals surface area contributed by atoms with Gasteiger partial charge in [0.15, 0.2) is 0 Å². The van der Waals surface area contributed by atoms with Crippen molar-refractivity contribution in [1.29, 1.82) is 0 Å². The Bertz CT molecular complexity index is 1240. The summed E-state index contributed by atoms with van der Waals surface area (Å²) >= 11 is 1.60. The van der Waals surface area contributed by atoms with E-state index in [2.05, 4.69) is 10.4 Å². The third-order valence-electron chi connectivity index (χ3n) is 4.62. The molecule has 0 unspecified atom stereocenters. The highest BCUT2D eigenvalue weighted by Gasteiger charge is 2.11. The first-order valence-corrected chi connectivity index (χ1v) is 10.4. The highest BCUT2D eigenvalue weighted by atomic mass is 32.2. The second kappa shape index (κ2) is 7.97. The largest absolute Gasteiger partial charge is 0.324 e. The predicted molar refractivity (Wildman–Crippen MR) is 116 cm³/mol. The van der Waals surface area contributed by atoms with Gasteiger partial charge < -0.3 is 9.88 Å². The van der Waals surface area contributed by atoms with Gasteiger partial charge >= 0.3 is 0 Å². The fourth-order valence-corrected chi connectivity index (χ4v) is 3.53. The standard InChI is InChI=1S/C22H20N4O2S/c1-15-6-8-16(9-7-15)19-13-20-22(28)25(10-11-26(20)24-19)14-21(27)23-17-4-3-5-18(12-17)29-2/h3-13H,14H2,1-2H3,(H,23,27). The number of benzene rings is 2. The van der Waals surface area contributed by atoms with Crippen LogP contribution in [0.25, 0.3) is 16.8 Å². The summed E-state index contributed by atoms with van der Waals surface area (Å²) in [4.78, 5) is 26.3. The molecule has 6 nitrogen and oxygen atoms in total. The van der Waals surface area contributed by atoms with Gasteiger partial charge in [0.25, 0.3) is 5.56 Å². The zero-order chi connectivity index (χ0) is 20.4. The maximum absolute atomic E-state index is 12.8. The van der Waals surface area contributed by atoms with Crippen molar-refractivity contribution in [2.75, 3.05) is 11.6 Å². The topological polar surface area (TPSA) is 68.4 Å². The van der Waals surface area contributed by atoms with Crippen molar-refractivity contribution in [3.8, 4) is 11.3 Å². The van der Waals surface area contributed by atoms with Crippen LogP contribution in [-0.4, -0.2) is 26.3 Å². The fourth-order valence-electron chi connectivity index (χ4n) is 3.07. The molecule has 29 heavy (non-hydrogen) atoms. The molecule has 0 bridgehead atoms. The highest BCUT2D eigenvalue weighted by Crippen LogP contribution is 2.20. The van der Waals surface area contributed by atoms with Gasteiger partial charge in [-0.2, -0.15) is 5.10 Å². The summed E-state index contributed by atoms with van der Waals surface area (Å²) in [7, 11) is 0. The first-order chi connectivity index (χ1) is 14.0. The molecule has 2 aromatic carbocycles. The minimum Gasteiger partial charge on any atom is -0.324 e. The number of aromatic nitrogens is 3. The number of fused-ring (bicyclic) bond motifs is 1. The van der Waals surface area contributed by atoms with Crippen LogP contribution in [-0.2, 0) is 11.3 Å². The molecule has 4 aromatic rings. The first-order valence-electron chi connectivity index (χ1n) is 9.13. The van der Waals surface area contributed by atoms with Crippen LogP contribution in [0.2, 0.25) is 0 Å². The lowest BCUT2D eigenvalue weighted by molar-refractivity contribution is -0.116. The van der Waals surface area contributed by atoms with Crippen molar-refractivity contribution in [2.24, 2.45) is 0 Å². The Morgan fingerprint density at radius 3 is 2.66 bits per heavy atom. The van der Waals surface area contributed by atoms with Crippen LogP contribution in [0.15, 0.2) is 76.7 Å². The summed E-state index contributed by atoms with van der Waals surface area (Å²) < 4.78 is 2.94. The van der Waals surface area contributed by atoms with Gasteiger partial charge in [-0.25, -0.2) is 4.52 Å². The molecule has 2 aromatic heterocycles. The normalized spacial score (nSPS) is 11.0. The van der Waals surface area contributed by atoms with Crippen LogP contribution in [0, 0.1) is 6.92 Å². The van der Waals surface area contributed by atoms with Crippen LogP contribution < -0.4 is 10.9 Å². The van der Waals surface area contributed by atoms with E-state index < -0.39 is 0 Å². The number of thioether (sulfide) groups is 1. The molecule has 0 radical (unpaired) electrons. The second-order valence-corrected chi connectivity index (χ2v) is 7.62. The Morgan fingerprint density at radius 1 is 1.10 bits per heavy atom. The van der Waals surface area contributed by atoms with Gasteiger partial charge in [0.1, 0.15) is 12.1 Å². The lowest BCUT2D eigenvalue weighted by Crippen LogP contribution is -2.28. The van der Waals surface area contributed by atoms with Crippen LogP contribution in [0.3, 0.4) is 0 Å². The number of nitrogens with zero attached hydrogens (tertiary/aromatic N) is 3. The van der Waals surface area contributed by atoms with Crippen LogP contribution >= 0.6 is 11.8 Å². The maximum atomic E-state index is 12.8. The molecule has 0 saturated carbocycles. The number of anilines is 1. The Balaban J connectivity index is 1.57. The van der Waals surface area contributed by atoms with Gasteiger partial charge in [0, 0.05) is 28.5 Å². The van der Waals surface area contributed by atoms with Crippen molar-refractivity contribution < 1.29 is 4.79 Å². The number of aryl methyl sites for hydroxylation is 1. The molecular weight excluding hydrogens is 384 g/mol. The third-order valence-corrected chi connectivity index (χ3v) is 5.34. The molecule has 0 atom stereocenters. The summed E-state index contributed by atoms with van der Waals surface area (Å²) in [6, 6.07) is 17.3. The Labute approximate surface area is 172 Å². The van der Waals surface area contributed by atoms with Crippen LogP contribution in [0.1, 0.15) is 5.56 Å². The molecule has 2 heterocycles. The average Bonchev–Trinajstić information content (AvgIpc) is 3.16. The zero-order valence-corrected chi connectivity index (χ0v) is 16.9. The van der Waals surface area contributed by atoms with E-state index in [-0.39, 0.29) is 18.0 Å². The molecule has 1 N–H and O–H groups in total. The van der Waals surface area contributed by atoms with Gasteiger partial charge in [0.05, 0.1) is 5.69 Å².